The van der Waals surface area contributed by atoms with Crippen molar-refractivity contribution in [2.75, 3.05) is 19.6 Å². The minimum absolute atomic E-state index is 0.0867. The SMILES string of the molecule is Cc1cncn(CC2CCN(CCn3cncn3)CC2)c1=O. The lowest BCUT2D eigenvalue weighted by atomic mass is 9.96. The topological polar surface area (TPSA) is 68.8 Å². The summed E-state index contributed by atoms with van der Waals surface area (Å²) in [5.41, 5.74) is 0.802. The first kappa shape index (κ1) is 14.9. The van der Waals surface area contributed by atoms with Crippen LogP contribution in [-0.4, -0.2) is 48.8 Å². The van der Waals surface area contributed by atoms with Gasteiger partial charge in [0.25, 0.3) is 5.56 Å². The number of hydrogen-bond acceptors (Lipinski definition) is 5. The lowest BCUT2D eigenvalue weighted by Crippen LogP contribution is -2.38. The molecule has 118 valence electrons. The molecule has 0 aliphatic carbocycles. The van der Waals surface area contributed by atoms with Crippen LogP contribution in [0.1, 0.15) is 18.4 Å². The van der Waals surface area contributed by atoms with Gasteiger partial charge in [-0.25, -0.2) is 9.97 Å². The highest BCUT2D eigenvalue weighted by atomic mass is 16.1. The number of hydrogen-bond donors (Lipinski definition) is 0. The van der Waals surface area contributed by atoms with Gasteiger partial charge in [-0.2, -0.15) is 5.10 Å². The van der Waals surface area contributed by atoms with E-state index in [0.29, 0.717) is 11.5 Å². The Kier molecular flexibility index (Phi) is 4.62. The number of aryl methyl sites for hydroxylation is 1. The molecule has 0 aromatic carbocycles. The standard InChI is InChI=1S/C15H22N6O/c1-13-8-16-11-20(15(13)22)9-14-2-4-19(5-3-14)6-7-21-12-17-10-18-21/h8,10-12,14H,2-7,9H2,1H3. The van der Waals surface area contributed by atoms with Crippen LogP contribution in [0.2, 0.25) is 0 Å². The average Bonchev–Trinajstić information content (AvgIpc) is 3.05. The molecule has 1 aliphatic heterocycles. The van der Waals surface area contributed by atoms with Crippen molar-refractivity contribution in [3.05, 3.63) is 41.1 Å². The maximum atomic E-state index is 12.0. The first-order chi connectivity index (χ1) is 10.7. The predicted molar refractivity (Wildman–Crippen MR) is 82.4 cm³/mol. The maximum Gasteiger partial charge on any atom is 0.256 e. The van der Waals surface area contributed by atoms with Crippen LogP contribution < -0.4 is 5.56 Å². The summed E-state index contributed by atoms with van der Waals surface area (Å²) in [5.74, 6) is 0.559. The van der Waals surface area contributed by atoms with E-state index < -0.39 is 0 Å². The monoisotopic (exact) mass is 302 g/mol. The van der Waals surface area contributed by atoms with Gasteiger partial charge in [0.15, 0.2) is 0 Å². The summed E-state index contributed by atoms with van der Waals surface area (Å²) in [6, 6.07) is 0. The molecule has 2 aromatic heterocycles. The van der Waals surface area contributed by atoms with Crippen molar-refractivity contribution in [1.82, 2.24) is 29.2 Å². The van der Waals surface area contributed by atoms with Gasteiger partial charge in [0, 0.05) is 24.8 Å². The van der Waals surface area contributed by atoms with Gasteiger partial charge in [0.2, 0.25) is 0 Å². The molecule has 0 unspecified atom stereocenters. The molecule has 22 heavy (non-hydrogen) atoms. The van der Waals surface area contributed by atoms with E-state index in [1.807, 2.05) is 11.6 Å². The largest absolute Gasteiger partial charge is 0.301 e. The predicted octanol–water partition coefficient (Wildman–Crippen LogP) is 0.555. The highest BCUT2D eigenvalue weighted by Gasteiger charge is 2.19. The molecular weight excluding hydrogens is 280 g/mol. The Morgan fingerprint density at radius 3 is 2.73 bits per heavy atom. The highest BCUT2D eigenvalue weighted by Crippen LogP contribution is 2.18. The minimum atomic E-state index is 0.0867. The van der Waals surface area contributed by atoms with Gasteiger partial charge in [-0.3, -0.25) is 14.0 Å². The van der Waals surface area contributed by atoms with Crippen LogP contribution in [0.15, 0.2) is 30.0 Å². The van der Waals surface area contributed by atoms with E-state index >= 15 is 0 Å². The van der Waals surface area contributed by atoms with Crippen LogP contribution in [0.25, 0.3) is 0 Å². The third-order valence-electron chi connectivity index (χ3n) is 4.35. The molecule has 1 fully saturated rings. The Morgan fingerprint density at radius 1 is 1.18 bits per heavy atom. The molecule has 7 nitrogen and oxygen atoms in total. The summed E-state index contributed by atoms with van der Waals surface area (Å²) >= 11 is 0. The van der Waals surface area contributed by atoms with E-state index in [2.05, 4.69) is 20.0 Å². The van der Waals surface area contributed by atoms with Crippen LogP contribution in [0.5, 0.6) is 0 Å². The second-order valence-corrected chi connectivity index (χ2v) is 5.98. The third-order valence-corrected chi connectivity index (χ3v) is 4.35. The summed E-state index contributed by atoms with van der Waals surface area (Å²) in [5, 5.41) is 4.12. The third kappa shape index (κ3) is 3.59. The molecule has 3 rings (SSSR count). The maximum absolute atomic E-state index is 12.0. The fourth-order valence-corrected chi connectivity index (χ4v) is 2.95. The highest BCUT2D eigenvalue weighted by molar-refractivity contribution is 5.00. The fourth-order valence-electron chi connectivity index (χ4n) is 2.95. The van der Waals surface area contributed by atoms with Crippen LogP contribution >= 0.6 is 0 Å². The smallest absolute Gasteiger partial charge is 0.256 e. The second kappa shape index (κ2) is 6.83. The minimum Gasteiger partial charge on any atom is -0.301 e. The number of nitrogens with zero attached hydrogens (tertiary/aromatic N) is 6. The zero-order chi connectivity index (χ0) is 15.4. The molecule has 1 aliphatic rings. The molecule has 1 saturated heterocycles. The van der Waals surface area contributed by atoms with Gasteiger partial charge in [0.1, 0.15) is 12.7 Å². The van der Waals surface area contributed by atoms with Gasteiger partial charge in [0.05, 0.1) is 12.9 Å². The van der Waals surface area contributed by atoms with Gasteiger partial charge >= 0.3 is 0 Å². The van der Waals surface area contributed by atoms with E-state index in [0.717, 1.165) is 45.6 Å². The Morgan fingerprint density at radius 2 is 2.00 bits per heavy atom. The number of rotatable bonds is 5. The van der Waals surface area contributed by atoms with E-state index in [-0.39, 0.29) is 5.56 Å². The molecule has 0 amide bonds. The second-order valence-electron chi connectivity index (χ2n) is 5.98. The summed E-state index contributed by atoms with van der Waals surface area (Å²) in [7, 11) is 0. The molecule has 0 N–H and O–H groups in total. The van der Waals surface area contributed by atoms with Crippen LogP contribution in [0.3, 0.4) is 0 Å². The van der Waals surface area contributed by atoms with E-state index in [4.69, 9.17) is 0 Å². The summed E-state index contributed by atoms with van der Waals surface area (Å²) in [6.07, 6.45) is 8.86. The zero-order valence-electron chi connectivity index (χ0n) is 12.9. The molecule has 7 heteroatoms. The zero-order valence-corrected chi connectivity index (χ0v) is 12.9. The van der Waals surface area contributed by atoms with Crippen LogP contribution in [-0.2, 0) is 13.1 Å². The summed E-state index contributed by atoms with van der Waals surface area (Å²) in [4.78, 5) is 22.6. The van der Waals surface area contributed by atoms with Crippen molar-refractivity contribution >= 4 is 0 Å². The Balaban J connectivity index is 1.47. The van der Waals surface area contributed by atoms with Crippen molar-refractivity contribution in [2.45, 2.75) is 32.9 Å². The number of aromatic nitrogens is 5. The Hall–Kier alpha value is -2.02. The van der Waals surface area contributed by atoms with Gasteiger partial charge in [-0.1, -0.05) is 0 Å². The van der Waals surface area contributed by atoms with Crippen molar-refractivity contribution in [1.29, 1.82) is 0 Å². The average molecular weight is 302 g/mol. The van der Waals surface area contributed by atoms with E-state index in [1.54, 1.807) is 29.7 Å². The fraction of sp³-hybridized carbons (Fsp3) is 0.600. The van der Waals surface area contributed by atoms with Crippen LogP contribution in [0, 0.1) is 12.8 Å². The van der Waals surface area contributed by atoms with Crippen molar-refractivity contribution in [3.8, 4) is 0 Å². The molecule has 3 heterocycles. The van der Waals surface area contributed by atoms with Crippen molar-refractivity contribution in [3.63, 3.8) is 0 Å². The van der Waals surface area contributed by atoms with Gasteiger partial charge in [-0.05, 0) is 38.8 Å². The normalized spacial score (nSPS) is 17.0. The number of likely N-dealkylation sites (tertiary alicyclic amines) is 1. The molecular formula is C15H22N6O. The Labute approximate surface area is 129 Å². The molecule has 2 aromatic rings. The molecule has 0 bridgehead atoms. The van der Waals surface area contributed by atoms with Crippen LogP contribution in [0.4, 0.5) is 0 Å². The van der Waals surface area contributed by atoms with Gasteiger partial charge < -0.3 is 4.90 Å². The van der Waals surface area contributed by atoms with E-state index in [1.165, 1.54) is 0 Å². The summed E-state index contributed by atoms with van der Waals surface area (Å²) < 4.78 is 3.62. The summed E-state index contributed by atoms with van der Waals surface area (Å²) in [6.45, 7) is 6.64. The van der Waals surface area contributed by atoms with Gasteiger partial charge in [-0.15, -0.1) is 0 Å². The lowest BCUT2D eigenvalue weighted by molar-refractivity contribution is 0.166. The quantitative estimate of drug-likeness (QED) is 0.807. The molecule has 0 spiro atoms. The first-order valence-corrected chi connectivity index (χ1v) is 7.78. The van der Waals surface area contributed by atoms with E-state index in [9.17, 15) is 4.79 Å². The lowest BCUT2D eigenvalue weighted by Gasteiger charge is -2.32. The number of piperidine rings is 1. The first-order valence-electron chi connectivity index (χ1n) is 7.78. The Bertz CT molecular complexity index is 642. The molecule has 0 radical (unpaired) electrons. The van der Waals surface area contributed by atoms with Crippen molar-refractivity contribution in [2.24, 2.45) is 5.92 Å². The molecule has 0 saturated carbocycles. The van der Waals surface area contributed by atoms with Crippen molar-refractivity contribution < 1.29 is 0 Å². The molecule has 0 atom stereocenters.